The Morgan fingerprint density at radius 1 is 1.26 bits per heavy atom. The Hall–Kier alpha value is -1.79. The first-order valence-electron chi connectivity index (χ1n) is 5.66. The van der Waals surface area contributed by atoms with E-state index in [9.17, 15) is 0 Å². The molecule has 0 fully saturated rings. The van der Waals surface area contributed by atoms with Gasteiger partial charge in [0.25, 0.3) is 5.89 Å². The average molecular weight is 289 g/mol. The summed E-state index contributed by atoms with van der Waals surface area (Å²) in [7, 11) is 0. The molecule has 3 aromatic rings. The molecule has 0 aliphatic carbocycles. The van der Waals surface area contributed by atoms with Gasteiger partial charge in [-0.05, 0) is 29.6 Å². The van der Waals surface area contributed by atoms with Crippen molar-refractivity contribution in [1.82, 2.24) is 10.1 Å². The predicted molar refractivity (Wildman–Crippen MR) is 78.0 cm³/mol. The molecule has 2 heterocycles. The van der Waals surface area contributed by atoms with E-state index in [0.29, 0.717) is 17.5 Å². The van der Waals surface area contributed by atoms with E-state index >= 15 is 0 Å². The maximum atomic E-state index is 5.73. The van der Waals surface area contributed by atoms with E-state index in [0.717, 1.165) is 15.5 Å². The Balaban J connectivity index is 1.68. The summed E-state index contributed by atoms with van der Waals surface area (Å²) in [4.78, 5) is 6.46. The Morgan fingerprint density at radius 3 is 3.00 bits per heavy atom. The molecule has 0 aliphatic rings. The molecule has 2 aromatic heterocycles. The van der Waals surface area contributed by atoms with Crippen LogP contribution in [0.3, 0.4) is 0 Å². The Bertz CT molecular complexity index is 664. The van der Waals surface area contributed by atoms with Gasteiger partial charge in [0, 0.05) is 10.6 Å². The molecule has 0 bridgehead atoms. The monoisotopic (exact) mass is 289 g/mol. The summed E-state index contributed by atoms with van der Waals surface area (Å²) in [5, 5.41) is 5.96. The maximum absolute atomic E-state index is 5.73. The topological polar surface area (TPSA) is 64.9 Å². The molecule has 4 nitrogen and oxygen atoms in total. The normalized spacial score (nSPS) is 10.7. The van der Waals surface area contributed by atoms with Crippen LogP contribution in [0.1, 0.15) is 5.82 Å². The minimum absolute atomic E-state index is 0.582. The van der Waals surface area contributed by atoms with Crippen LogP contribution in [0.4, 0.5) is 5.69 Å². The minimum atomic E-state index is 0.582. The third kappa shape index (κ3) is 2.97. The number of anilines is 1. The van der Waals surface area contributed by atoms with Gasteiger partial charge in [-0.25, -0.2) is 0 Å². The number of benzene rings is 1. The van der Waals surface area contributed by atoms with E-state index < -0.39 is 0 Å². The zero-order chi connectivity index (χ0) is 13.1. The number of nitrogen functional groups attached to an aromatic ring is 1. The van der Waals surface area contributed by atoms with Crippen LogP contribution in [0.25, 0.3) is 10.8 Å². The first-order valence-corrected chi connectivity index (χ1v) is 7.52. The number of hydrogen-bond donors (Lipinski definition) is 1. The molecule has 0 unspecified atom stereocenters. The fourth-order valence-electron chi connectivity index (χ4n) is 1.57. The van der Waals surface area contributed by atoms with Crippen molar-refractivity contribution in [2.24, 2.45) is 0 Å². The molecule has 0 saturated carbocycles. The van der Waals surface area contributed by atoms with Crippen molar-refractivity contribution in [3.63, 3.8) is 0 Å². The highest BCUT2D eigenvalue weighted by atomic mass is 32.2. The summed E-state index contributed by atoms with van der Waals surface area (Å²) in [6.45, 7) is 0. The van der Waals surface area contributed by atoms with Gasteiger partial charge in [0.1, 0.15) is 0 Å². The number of hydrogen-bond acceptors (Lipinski definition) is 6. The third-order valence-corrected chi connectivity index (χ3v) is 4.27. The van der Waals surface area contributed by atoms with Crippen molar-refractivity contribution < 1.29 is 4.52 Å². The van der Waals surface area contributed by atoms with Crippen molar-refractivity contribution in [2.75, 3.05) is 5.73 Å². The molecule has 96 valence electrons. The summed E-state index contributed by atoms with van der Waals surface area (Å²) < 4.78 is 5.23. The second kappa shape index (κ2) is 5.46. The number of aromatic nitrogens is 2. The molecule has 0 atom stereocenters. The van der Waals surface area contributed by atoms with Crippen molar-refractivity contribution in [1.29, 1.82) is 0 Å². The largest absolute Gasteiger partial charge is 0.399 e. The van der Waals surface area contributed by atoms with E-state index in [-0.39, 0.29) is 0 Å². The first-order chi connectivity index (χ1) is 9.31. The molecule has 2 N–H and O–H groups in total. The maximum Gasteiger partial charge on any atom is 0.268 e. The smallest absolute Gasteiger partial charge is 0.268 e. The zero-order valence-corrected chi connectivity index (χ0v) is 11.6. The number of nitrogens with zero attached hydrogens (tertiary/aromatic N) is 2. The van der Waals surface area contributed by atoms with Gasteiger partial charge in [0.05, 0.1) is 10.6 Å². The van der Waals surface area contributed by atoms with Gasteiger partial charge in [-0.15, -0.1) is 23.1 Å². The highest BCUT2D eigenvalue weighted by Gasteiger charge is 2.09. The van der Waals surface area contributed by atoms with Crippen molar-refractivity contribution >= 4 is 28.8 Å². The van der Waals surface area contributed by atoms with Crippen LogP contribution in [0.5, 0.6) is 0 Å². The minimum Gasteiger partial charge on any atom is -0.399 e. The van der Waals surface area contributed by atoms with Gasteiger partial charge in [0.2, 0.25) is 0 Å². The van der Waals surface area contributed by atoms with Crippen LogP contribution >= 0.6 is 23.1 Å². The Labute approximate surface area is 118 Å². The molecule has 3 rings (SSSR count). The van der Waals surface area contributed by atoms with Gasteiger partial charge in [0.15, 0.2) is 5.82 Å². The first kappa shape index (κ1) is 12.3. The molecule has 1 aromatic carbocycles. The predicted octanol–water partition coefficient (Wildman–Crippen LogP) is 3.67. The van der Waals surface area contributed by atoms with E-state index in [1.807, 2.05) is 41.8 Å². The van der Waals surface area contributed by atoms with Crippen LogP contribution in [0.15, 0.2) is 51.2 Å². The summed E-state index contributed by atoms with van der Waals surface area (Å²) in [5.41, 5.74) is 6.50. The van der Waals surface area contributed by atoms with Gasteiger partial charge >= 0.3 is 0 Å². The fourth-order valence-corrected chi connectivity index (χ4v) is 3.02. The van der Waals surface area contributed by atoms with Gasteiger partial charge in [-0.2, -0.15) is 4.98 Å². The quantitative estimate of drug-likeness (QED) is 0.586. The molecule has 0 aliphatic heterocycles. The SMILES string of the molecule is Nc1cccc(SCc2noc(-c3cccs3)n2)c1. The van der Waals surface area contributed by atoms with Crippen molar-refractivity contribution in [2.45, 2.75) is 10.6 Å². The number of rotatable bonds is 4. The second-order valence-corrected chi connectivity index (χ2v) is 5.85. The molecule has 6 heteroatoms. The zero-order valence-electron chi connectivity index (χ0n) is 9.95. The average Bonchev–Trinajstić information content (AvgIpc) is 3.07. The summed E-state index contributed by atoms with van der Waals surface area (Å²) >= 11 is 3.22. The Morgan fingerprint density at radius 2 is 2.21 bits per heavy atom. The highest BCUT2D eigenvalue weighted by Crippen LogP contribution is 2.26. The third-order valence-electron chi connectivity index (χ3n) is 2.43. The van der Waals surface area contributed by atoms with Gasteiger partial charge < -0.3 is 10.3 Å². The summed E-state index contributed by atoms with van der Waals surface area (Å²) in [6, 6.07) is 11.7. The molecular formula is C13H11N3OS2. The molecule has 0 spiro atoms. The lowest BCUT2D eigenvalue weighted by Gasteiger charge is -1.99. The van der Waals surface area contributed by atoms with Crippen LogP contribution in [-0.2, 0) is 5.75 Å². The standard InChI is InChI=1S/C13H11N3OS2/c14-9-3-1-4-10(7-9)19-8-12-15-13(17-16-12)11-5-2-6-18-11/h1-7H,8,14H2. The van der Waals surface area contributed by atoms with Crippen molar-refractivity contribution in [3.8, 4) is 10.8 Å². The fraction of sp³-hybridized carbons (Fsp3) is 0.0769. The second-order valence-electron chi connectivity index (χ2n) is 3.85. The number of nitrogens with two attached hydrogens (primary N) is 1. The molecule has 0 saturated heterocycles. The summed E-state index contributed by atoms with van der Waals surface area (Å²) in [5.74, 6) is 1.94. The van der Waals surface area contributed by atoms with Gasteiger partial charge in [-0.1, -0.05) is 17.3 Å². The van der Waals surface area contributed by atoms with E-state index in [1.54, 1.807) is 23.1 Å². The van der Waals surface area contributed by atoms with E-state index in [2.05, 4.69) is 10.1 Å². The Kier molecular flexibility index (Phi) is 3.52. The highest BCUT2D eigenvalue weighted by molar-refractivity contribution is 7.98. The lowest BCUT2D eigenvalue weighted by Crippen LogP contribution is -1.86. The molecule has 0 amide bonds. The lowest BCUT2D eigenvalue weighted by atomic mass is 10.3. The molecule has 19 heavy (non-hydrogen) atoms. The van der Waals surface area contributed by atoms with Crippen LogP contribution in [-0.4, -0.2) is 10.1 Å². The summed E-state index contributed by atoms with van der Waals surface area (Å²) in [6.07, 6.45) is 0. The molecular weight excluding hydrogens is 278 g/mol. The van der Waals surface area contributed by atoms with Crippen LogP contribution in [0, 0.1) is 0 Å². The lowest BCUT2D eigenvalue weighted by molar-refractivity contribution is 0.426. The van der Waals surface area contributed by atoms with Crippen LogP contribution in [0.2, 0.25) is 0 Å². The van der Waals surface area contributed by atoms with Crippen molar-refractivity contribution in [3.05, 3.63) is 47.6 Å². The van der Waals surface area contributed by atoms with E-state index in [4.69, 9.17) is 10.3 Å². The number of thioether (sulfide) groups is 1. The van der Waals surface area contributed by atoms with E-state index in [1.165, 1.54) is 0 Å². The molecule has 0 radical (unpaired) electrons. The van der Waals surface area contributed by atoms with Gasteiger partial charge in [-0.3, -0.25) is 0 Å². The number of thiophene rings is 1. The van der Waals surface area contributed by atoms with Crippen LogP contribution < -0.4 is 5.73 Å².